The van der Waals surface area contributed by atoms with Crippen molar-refractivity contribution < 1.29 is 14.3 Å². The number of hydrogen-bond acceptors (Lipinski definition) is 3. The Morgan fingerprint density at radius 2 is 2.00 bits per heavy atom. The predicted octanol–water partition coefficient (Wildman–Crippen LogP) is 1.84. The Morgan fingerprint density at radius 1 is 1.42 bits per heavy atom. The molecule has 1 heterocycles. The van der Waals surface area contributed by atoms with Crippen molar-refractivity contribution in [1.29, 1.82) is 0 Å². The summed E-state index contributed by atoms with van der Waals surface area (Å²) in [6.45, 7) is 7.54. The van der Waals surface area contributed by atoms with Gasteiger partial charge in [0, 0.05) is 5.41 Å². The third-order valence-corrected chi connectivity index (χ3v) is 1.61. The summed E-state index contributed by atoms with van der Waals surface area (Å²) in [6.07, 6.45) is 0.996. The van der Waals surface area contributed by atoms with E-state index in [9.17, 15) is 4.79 Å². The van der Waals surface area contributed by atoms with Crippen LogP contribution in [0.25, 0.3) is 0 Å². The van der Waals surface area contributed by atoms with E-state index in [1.165, 1.54) is 6.26 Å². The van der Waals surface area contributed by atoms with Crippen molar-refractivity contribution >= 4 is 5.97 Å². The molecule has 68 valence electrons. The number of esters is 1. The lowest BCUT2D eigenvalue weighted by atomic mass is 9.95. The molecule has 3 heteroatoms. The van der Waals surface area contributed by atoms with Crippen molar-refractivity contribution in [3.8, 4) is 0 Å². The number of ether oxygens (including phenoxy) is 2. The van der Waals surface area contributed by atoms with Gasteiger partial charge in [-0.25, -0.2) is 4.79 Å². The van der Waals surface area contributed by atoms with E-state index in [2.05, 4.69) is 0 Å². The average Bonchev–Trinajstić information content (AvgIpc) is 1.92. The molecule has 0 amide bonds. The van der Waals surface area contributed by atoms with Crippen molar-refractivity contribution in [2.75, 3.05) is 0 Å². The van der Waals surface area contributed by atoms with Gasteiger partial charge in [0.05, 0.1) is 11.8 Å². The molecule has 3 nitrogen and oxygen atoms in total. The zero-order valence-electron chi connectivity index (χ0n) is 7.88. The summed E-state index contributed by atoms with van der Waals surface area (Å²) in [5.41, 5.74) is 0.336. The summed E-state index contributed by atoms with van der Waals surface area (Å²) in [7, 11) is 0. The highest BCUT2D eigenvalue weighted by Crippen LogP contribution is 2.27. The lowest BCUT2D eigenvalue weighted by Crippen LogP contribution is -2.35. The zero-order chi connectivity index (χ0) is 9.35. The summed E-state index contributed by atoms with van der Waals surface area (Å²) < 4.78 is 10.3. The van der Waals surface area contributed by atoms with Crippen molar-refractivity contribution in [3.05, 3.63) is 11.8 Å². The Labute approximate surface area is 72.4 Å². The van der Waals surface area contributed by atoms with Crippen LogP contribution < -0.4 is 0 Å². The van der Waals surface area contributed by atoms with Crippen LogP contribution in [0.2, 0.25) is 0 Å². The first-order valence-corrected chi connectivity index (χ1v) is 3.94. The third kappa shape index (κ3) is 1.78. The molecule has 12 heavy (non-hydrogen) atoms. The number of cyclic esters (lactones) is 1. The van der Waals surface area contributed by atoms with Gasteiger partial charge in [-0.1, -0.05) is 20.8 Å². The number of carbonyl (C=O) groups excluding carboxylic acids is 1. The standard InChI is InChI=1S/C9H14O3/c1-6-5-11-8(9(2,3)4)12-7(6)10/h5,8H,1-4H3. The van der Waals surface area contributed by atoms with E-state index >= 15 is 0 Å². The molecule has 0 spiro atoms. The summed E-state index contributed by atoms with van der Waals surface area (Å²) in [4.78, 5) is 11.1. The second-order valence-corrected chi connectivity index (χ2v) is 4.04. The monoisotopic (exact) mass is 170 g/mol. The van der Waals surface area contributed by atoms with Gasteiger partial charge in [-0.15, -0.1) is 0 Å². The van der Waals surface area contributed by atoms with Gasteiger partial charge in [0.1, 0.15) is 0 Å². The second-order valence-electron chi connectivity index (χ2n) is 4.04. The molecule has 1 atom stereocenters. The molecular weight excluding hydrogens is 156 g/mol. The molecule has 1 aliphatic rings. The highest BCUT2D eigenvalue weighted by Gasteiger charge is 2.32. The van der Waals surface area contributed by atoms with Gasteiger partial charge in [-0.3, -0.25) is 0 Å². The Bertz CT molecular complexity index is 222. The minimum absolute atomic E-state index is 0.174. The molecule has 0 fully saturated rings. The third-order valence-electron chi connectivity index (χ3n) is 1.61. The van der Waals surface area contributed by atoms with E-state index < -0.39 is 6.29 Å². The van der Waals surface area contributed by atoms with Crippen molar-refractivity contribution in [2.45, 2.75) is 34.0 Å². The molecule has 0 bridgehead atoms. The predicted molar refractivity (Wildman–Crippen MR) is 44.2 cm³/mol. The number of hydrogen-bond donors (Lipinski definition) is 0. The molecule has 0 aromatic carbocycles. The summed E-state index contributed by atoms with van der Waals surface area (Å²) in [5.74, 6) is -0.291. The SMILES string of the molecule is CC1=COC(C(C)(C)C)OC1=O. The highest BCUT2D eigenvalue weighted by atomic mass is 16.7. The van der Waals surface area contributed by atoms with E-state index in [1.807, 2.05) is 20.8 Å². The van der Waals surface area contributed by atoms with E-state index in [4.69, 9.17) is 9.47 Å². The Kier molecular flexibility index (Phi) is 2.13. The van der Waals surface area contributed by atoms with Gasteiger partial charge < -0.3 is 9.47 Å². The largest absolute Gasteiger partial charge is 0.461 e. The Morgan fingerprint density at radius 3 is 2.42 bits per heavy atom. The quantitative estimate of drug-likeness (QED) is 0.520. The van der Waals surface area contributed by atoms with Crippen LogP contribution in [0.3, 0.4) is 0 Å². The molecular formula is C9H14O3. The van der Waals surface area contributed by atoms with E-state index in [-0.39, 0.29) is 11.4 Å². The minimum Gasteiger partial charge on any atom is -0.461 e. The van der Waals surface area contributed by atoms with Crippen molar-refractivity contribution in [3.63, 3.8) is 0 Å². The zero-order valence-corrected chi connectivity index (χ0v) is 7.88. The van der Waals surface area contributed by atoms with Crippen LogP contribution >= 0.6 is 0 Å². The lowest BCUT2D eigenvalue weighted by molar-refractivity contribution is -0.191. The molecule has 0 saturated carbocycles. The summed E-state index contributed by atoms with van der Waals surface area (Å²) >= 11 is 0. The minimum atomic E-state index is -0.464. The topological polar surface area (TPSA) is 35.5 Å². The van der Waals surface area contributed by atoms with Crippen LogP contribution in [0, 0.1) is 5.41 Å². The van der Waals surface area contributed by atoms with Crippen LogP contribution in [-0.4, -0.2) is 12.3 Å². The van der Waals surface area contributed by atoms with Crippen LogP contribution in [-0.2, 0) is 14.3 Å². The van der Waals surface area contributed by atoms with Crippen molar-refractivity contribution in [1.82, 2.24) is 0 Å². The van der Waals surface area contributed by atoms with Gasteiger partial charge >= 0.3 is 5.97 Å². The number of rotatable bonds is 0. The molecule has 0 radical (unpaired) electrons. The molecule has 0 aromatic heterocycles. The second kappa shape index (κ2) is 2.81. The van der Waals surface area contributed by atoms with Crippen LogP contribution in [0.15, 0.2) is 11.8 Å². The van der Waals surface area contributed by atoms with E-state index in [0.29, 0.717) is 5.57 Å². The maximum absolute atomic E-state index is 11.1. The smallest absolute Gasteiger partial charge is 0.339 e. The lowest BCUT2D eigenvalue weighted by Gasteiger charge is -2.31. The molecule has 0 aliphatic carbocycles. The molecule has 0 N–H and O–H groups in total. The first kappa shape index (κ1) is 9.10. The number of carbonyl (C=O) groups is 1. The Hall–Kier alpha value is -0.990. The maximum atomic E-state index is 11.1. The van der Waals surface area contributed by atoms with E-state index in [0.717, 1.165) is 0 Å². The van der Waals surface area contributed by atoms with Gasteiger partial charge in [-0.05, 0) is 6.92 Å². The molecule has 1 rings (SSSR count). The van der Waals surface area contributed by atoms with Gasteiger partial charge in [-0.2, -0.15) is 0 Å². The van der Waals surface area contributed by atoms with Crippen LogP contribution in [0.5, 0.6) is 0 Å². The summed E-state index contributed by atoms with van der Waals surface area (Å²) in [6, 6.07) is 0. The highest BCUT2D eigenvalue weighted by molar-refractivity contribution is 5.88. The first-order chi connectivity index (χ1) is 5.41. The van der Waals surface area contributed by atoms with E-state index in [1.54, 1.807) is 6.92 Å². The molecule has 1 aliphatic heterocycles. The van der Waals surface area contributed by atoms with Crippen LogP contribution in [0.4, 0.5) is 0 Å². The fraction of sp³-hybridized carbons (Fsp3) is 0.667. The first-order valence-electron chi connectivity index (χ1n) is 3.94. The van der Waals surface area contributed by atoms with Gasteiger partial charge in [0.15, 0.2) is 0 Å². The van der Waals surface area contributed by atoms with Crippen LogP contribution in [0.1, 0.15) is 27.7 Å². The molecule has 0 saturated heterocycles. The Balaban J connectivity index is 2.72. The van der Waals surface area contributed by atoms with Gasteiger partial charge in [0.2, 0.25) is 6.29 Å². The average molecular weight is 170 g/mol. The van der Waals surface area contributed by atoms with Crippen molar-refractivity contribution in [2.24, 2.45) is 5.41 Å². The fourth-order valence-electron chi connectivity index (χ4n) is 0.811. The fourth-order valence-corrected chi connectivity index (χ4v) is 0.811. The summed E-state index contributed by atoms with van der Waals surface area (Å²) in [5, 5.41) is 0. The normalized spacial score (nSPS) is 24.2. The van der Waals surface area contributed by atoms with Gasteiger partial charge in [0.25, 0.3) is 0 Å². The molecule has 1 unspecified atom stereocenters. The molecule has 0 aromatic rings. The maximum Gasteiger partial charge on any atom is 0.339 e.